The topological polar surface area (TPSA) is 47.0 Å². The first-order valence-electron chi connectivity index (χ1n) is 10.5. The van der Waals surface area contributed by atoms with Crippen molar-refractivity contribution in [2.24, 2.45) is 0 Å². The van der Waals surface area contributed by atoms with E-state index in [1.165, 1.54) is 27.1 Å². The standard InChI is InChI=1S/C27H23N3OS/c1-17-9-10-20(15-18(17)2)24-19(3)32-27-25(24)26(28-16-29-27)30-21-11-13-23(14-12-21)31-22-7-5-4-6-8-22/h4-16H,1-3H3,(H,28,29,30). The zero-order valence-corrected chi connectivity index (χ0v) is 19.0. The molecule has 158 valence electrons. The molecule has 0 aliphatic carbocycles. The Kier molecular flexibility index (Phi) is 5.33. The van der Waals surface area contributed by atoms with E-state index in [0.29, 0.717) is 0 Å². The van der Waals surface area contributed by atoms with Crippen LogP contribution in [0.25, 0.3) is 21.3 Å². The number of nitrogens with one attached hydrogen (secondary N) is 1. The minimum Gasteiger partial charge on any atom is -0.457 e. The molecule has 5 heteroatoms. The van der Waals surface area contributed by atoms with Crippen molar-refractivity contribution in [3.8, 4) is 22.6 Å². The second-order valence-corrected chi connectivity index (χ2v) is 9.00. The van der Waals surface area contributed by atoms with Crippen LogP contribution in [-0.4, -0.2) is 9.97 Å². The van der Waals surface area contributed by atoms with Gasteiger partial charge in [-0.25, -0.2) is 9.97 Å². The van der Waals surface area contributed by atoms with E-state index in [0.717, 1.165) is 33.2 Å². The Balaban J connectivity index is 1.49. The van der Waals surface area contributed by atoms with E-state index in [-0.39, 0.29) is 0 Å². The number of hydrogen-bond donors (Lipinski definition) is 1. The number of fused-ring (bicyclic) bond motifs is 1. The number of aryl methyl sites for hydroxylation is 3. The van der Waals surface area contributed by atoms with Crippen LogP contribution in [0, 0.1) is 20.8 Å². The molecule has 0 aliphatic rings. The molecule has 0 bridgehead atoms. The minimum atomic E-state index is 0.789. The third kappa shape index (κ3) is 3.95. The summed E-state index contributed by atoms with van der Waals surface area (Å²) < 4.78 is 5.90. The number of ether oxygens (including phenoxy) is 1. The molecule has 0 amide bonds. The molecule has 2 aromatic heterocycles. The molecule has 0 saturated heterocycles. The summed E-state index contributed by atoms with van der Waals surface area (Å²) in [5, 5.41) is 4.55. The molecule has 0 saturated carbocycles. The van der Waals surface area contributed by atoms with Gasteiger partial charge in [-0.1, -0.05) is 36.4 Å². The number of aromatic nitrogens is 2. The fraction of sp³-hybridized carbons (Fsp3) is 0.111. The summed E-state index contributed by atoms with van der Waals surface area (Å²) >= 11 is 1.70. The maximum atomic E-state index is 5.90. The summed E-state index contributed by atoms with van der Waals surface area (Å²) in [6, 6.07) is 24.3. The Morgan fingerprint density at radius 1 is 0.781 bits per heavy atom. The van der Waals surface area contributed by atoms with Gasteiger partial charge in [0.15, 0.2) is 0 Å². The minimum absolute atomic E-state index is 0.789. The van der Waals surface area contributed by atoms with Gasteiger partial charge < -0.3 is 10.1 Å². The van der Waals surface area contributed by atoms with E-state index >= 15 is 0 Å². The summed E-state index contributed by atoms with van der Waals surface area (Å²) in [6.45, 7) is 6.44. The van der Waals surface area contributed by atoms with Crippen LogP contribution in [0.4, 0.5) is 11.5 Å². The fourth-order valence-corrected chi connectivity index (χ4v) is 4.76. The van der Waals surface area contributed by atoms with E-state index < -0.39 is 0 Å². The van der Waals surface area contributed by atoms with Gasteiger partial charge in [0.2, 0.25) is 0 Å². The maximum Gasteiger partial charge on any atom is 0.143 e. The van der Waals surface area contributed by atoms with Crippen molar-refractivity contribution in [3.05, 3.63) is 95.1 Å². The summed E-state index contributed by atoms with van der Waals surface area (Å²) in [5.41, 5.74) is 5.90. The van der Waals surface area contributed by atoms with Crippen LogP contribution in [0.2, 0.25) is 0 Å². The lowest BCUT2D eigenvalue weighted by Crippen LogP contribution is -1.96. The summed E-state index contributed by atoms with van der Waals surface area (Å²) in [6.07, 6.45) is 1.62. The highest BCUT2D eigenvalue weighted by Gasteiger charge is 2.17. The Morgan fingerprint density at radius 3 is 2.28 bits per heavy atom. The highest BCUT2D eigenvalue weighted by molar-refractivity contribution is 7.19. The smallest absolute Gasteiger partial charge is 0.143 e. The van der Waals surface area contributed by atoms with Crippen molar-refractivity contribution in [1.82, 2.24) is 9.97 Å². The molecule has 0 fully saturated rings. The number of rotatable bonds is 5. The summed E-state index contributed by atoms with van der Waals surface area (Å²) in [5.74, 6) is 2.42. The number of nitrogens with zero attached hydrogens (tertiary/aromatic N) is 2. The van der Waals surface area contributed by atoms with Gasteiger partial charge in [0.1, 0.15) is 28.5 Å². The third-order valence-corrected chi connectivity index (χ3v) is 6.57. The molecule has 2 heterocycles. The average Bonchev–Trinajstić information content (AvgIpc) is 3.14. The van der Waals surface area contributed by atoms with Crippen LogP contribution in [-0.2, 0) is 0 Å². The van der Waals surface area contributed by atoms with Gasteiger partial charge in [-0.2, -0.15) is 0 Å². The molecular weight excluding hydrogens is 414 g/mol. The molecule has 4 nitrogen and oxygen atoms in total. The molecule has 0 radical (unpaired) electrons. The van der Waals surface area contributed by atoms with Gasteiger partial charge in [-0.3, -0.25) is 0 Å². The highest BCUT2D eigenvalue weighted by atomic mass is 32.1. The lowest BCUT2D eigenvalue weighted by molar-refractivity contribution is 0.483. The predicted octanol–water partition coefficient (Wildman–Crippen LogP) is 7.82. The van der Waals surface area contributed by atoms with E-state index in [2.05, 4.69) is 54.3 Å². The first-order chi connectivity index (χ1) is 15.6. The van der Waals surface area contributed by atoms with Crippen molar-refractivity contribution >= 4 is 33.1 Å². The van der Waals surface area contributed by atoms with Crippen LogP contribution in [0.15, 0.2) is 79.1 Å². The zero-order valence-electron chi connectivity index (χ0n) is 18.2. The Bertz CT molecular complexity index is 1390. The van der Waals surface area contributed by atoms with Crippen LogP contribution >= 0.6 is 11.3 Å². The number of para-hydroxylation sites is 1. The van der Waals surface area contributed by atoms with E-state index in [4.69, 9.17) is 4.74 Å². The van der Waals surface area contributed by atoms with Gasteiger partial charge >= 0.3 is 0 Å². The molecular formula is C27H23N3OS. The number of hydrogen-bond acceptors (Lipinski definition) is 5. The largest absolute Gasteiger partial charge is 0.457 e. The van der Waals surface area contributed by atoms with Crippen LogP contribution in [0.1, 0.15) is 16.0 Å². The molecule has 1 N–H and O–H groups in total. The van der Waals surface area contributed by atoms with Crippen molar-refractivity contribution in [2.75, 3.05) is 5.32 Å². The van der Waals surface area contributed by atoms with E-state index in [9.17, 15) is 0 Å². The molecule has 0 aliphatic heterocycles. The predicted molar refractivity (Wildman–Crippen MR) is 133 cm³/mol. The van der Waals surface area contributed by atoms with E-state index in [1.54, 1.807) is 17.7 Å². The molecule has 3 aromatic carbocycles. The van der Waals surface area contributed by atoms with Crippen LogP contribution in [0.3, 0.4) is 0 Å². The molecule has 5 aromatic rings. The molecule has 0 atom stereocenters. The van der Waals surface area contributed by atoms with Gasteiger partial charge in [0.25, 0.3) is 0 Å². The molecule has 0 spiro atoms. The number of thiophene rings is 1. The number of benzene rings is 3. The van der Waals surface area contributed by atoms with Crippen LogP contribution in [0.5, 0.6) is 11.5 Å². The van der Waals surface area contributed by atoms with Crippen molar-refractivity contribution in [3.63, 3.8) is 0 Å². The average molecular weight is 438 g/mol. The van der Waals surface area contributed by atoms with Gasteiger partial charge in [-0.05, 0) is 73.9 Å². The molecule has 0 unspecified atom stereocenters. The lowest BCUT2D eigenvalue weighted by Gasteiger charge is -2.11. The Morgan fingerprint density at radius 2 is 1.53 bits per heavy atom. The SMILES string of the molecule is Cc1ccc(-c2c(C)sc3ncnc(Nc4ccc(Oc5ccccc5)cc4)c23)cc1C. The monoisotopic (exact) mass is 437 g/mol. The summed E-state index contributed by atoms with van der Waals surface area (Å²) in [4.78, 5) is 11.3. The Hall–Kier alpha value is -3.70. The zero-order chi connectivity index (χ0) is 22.1. The highest BCUT2D eigenvalue weighted by Crippen LogP contribution is 2.41. The first kappa shape index (κ1) is 20.2. The third-order valence-electron chi connectivity index (χ3n) is 5.56. The summed E-state index contributed by atoms with van der Waals surface area (Å²) in [7, 11) is 0. The lowest BCUT2D eigenvalue weighted by atomic mass is 9.99. The quantitative estimate of drug-likeness (QED) is 0.304. The maximum absolute atomic E-state index is 5.90. The van der Waals surface area contributed by atoms with Crippen molar-refractivity contribution in [1.29, 1.82) is 0 Å². The van der Waals surface area contributed by atoms with Gasteiger partial charge in [0, 0.05) is 16.1 Å². The van der Waals surface area contributed by atoms with Gasteiger partial charge in [0.05, 0.1) is 5.39 Å². The van der Waals surface area contributed by atoms with Crippen molar-refractivity contribution in [2.45, 2.75) is 20.8 Å². The molecule has 32 heavy (non-hydrogen) atoms. The van der Waals surface area contributed by atoms with Crippen LogP contribution < -0.4 is 10.1 Å². The van der Waals surface area contributed by atoms with Gasteiger partial charge in [-0.15, -0.1) is 11.3 Å². The Labute approximate surface area is 191 Å². The second kappa shape index (κ2) is 8.44. The number of anilines is 2. The van der Waals surface area contributed by atoms with E-state index in [1.807, 2.05) is 54.6 Å². The van der Waals surface area contributed by atoms with Crippen molar-refractivity contribution < 1.29 is 4.74 Å². The fourth-order valence-electron chi connectivity index (χ4n) is 3.75. The molecule has 5 rings (SSSR count). The first-order valence-corrected chi connectivity index (χ1v) is 11.3. The second-order valence-electron chi connectivity index (χ2n) is 7.80. The normalized spacial score (nSPS) is 11.0.